The van der Waals surface area contributed by atoms with Gasteiger partial charge in [-0.2, -0.15) is 0 Å². The zero-order valence-electron chi connectivity index (χ0n) is 18.5. The number of guanidine groups is 1. The Morgan fingerprint density at radius 2 is 2.13 bits per heavy atom. The number of fused-ring (bicyclic) bond motifs is 1. The maximum Gasteiger partial charge on any atom is 0.193 e. The number of aliphatic imine (C=N–C) groups is 1. The number of rotatable bonds is 7. The zero-order chi connectivity index (χ0) is 20.6. The fourth-order valence-electron chi connectivity index (χ4n) is 4.23. The monoisotopic (exact) mass is 541 g/mol. The van der Waals surface area contributed by atoms with E-state index in [-0.39, 0.29) is 24.0 Å². The highest BCUT2D eigenvalue weighted by Crippen LogP contribution is 2.18. The van der Waals surface area contributed by atoms with Crippen molar-refractivity contribution in [1.29, 1.82) is 0 Å². The van der Waals surface area contributed by atoms with Crippen molar-refractivity contribution in [3.05, 3.63) is 36.3 Å². The molecule has 7 nitrogen and oxygen atoms in total. The van der Waals surface area contributed by atoms with Gasteiger partial charge in [0.25, 0.3) is 0 Å². The summed E-state index contributed by atoms with van der Waals surface area (Å²) in [5, 5.41) is 3.45. The first kappa shape index (κ1) is 24.3. The number of halogens is 1. The lowest BCUT2D eigenvalue weighted by molar-refractivity contribution is -0.0721. The molecule has 0 aromatic carbocycles. The van der Waals surface area contributed by atoms with E-state index in [2.05, 4.69) is 32.7 Å². The first-order valence-electron chi connectivity index (χ1n) is 11.5. The van der Waals surface area contributed by atoms with E-state index in [0.717, 1.165) is 82.4 Å². The molecule has 0 spiro atoms. The second-order valence-corrected chi connectivity index (χ2v) is 8.19. The molecule has 0 saturated carbocycles. The van der Waals surface area contributed by atoms with Crippen LogP contribution in [-0.2, 0) is 15.9 Å². The van der Waals surface area contributed by atoms with Crippen LogP contribution in [0.3, 0.4) is 0 Å². The number of likely N-dealkylation sites (tertiary alicyclic amines) is 1. The fraction of sp³-hybridized carbons (Fsp3) is 0.652. The van der Waals surface area contributed by atoms with E-state index in [1.807, 2.05) is 24.4 Å². The van der Waals surface area contributed by atoms with Crippen LogP contribution in [-0.4, -0.2) is 71.8 Å². The number of pyridine rings is 1. The lowest BCUT2D eigenvalue weighted by Crippen LogP contribution is -2.47. The van der Waals surface area contributed by atoms with Gasteiger partial charge in [0.15, 0.2) is 5.96 Å². The molecule has 2 aromatic heterocycles. The van der Waals surface area contributed by atoms with Crippen molar-refractivity contribution in [2.75, 3.05) is 39.4 Å². The lowest BCUT2D eigenvalue weighted by atomic mass is 10.1. The van der Waals surface area contributed by atoms with Crippen LogP contribution in [0.1, 0.15) is 44.7 Å². The molecule has 31 heavy (non-hydrogen) atoms. The summed E-state index contributed by atoms with van der Waals surface area (Å²) in [5.74, 6) is 1.01. The molecule has 2 aliphatic heterocycles. The minimum absolute atomic E-state index is 0. The van der Waals surface area contributed by atoms with E-state index in [9.17, 15) is 0 Å². The Kier molecular flexibility index (Phi) is 9.86. The summed E-state index contributed by atoms with van der Waals surface area (Å²) in [5.41, 5.74) is 2.07. The van der Waals surface area contributed by atoms with Crippen LogP contribution >= 0.6 is 24.0 Å². The highest BCUT2D eigenvalue weighted by Gasteiger charge is 2.23. The Morgan fingerprint density at radius 3 is 2.87 bits per heavy atom. The second kappa shape index (κ2) is 12.6. The molecule has 2 aliphatic rings. The SMILES string of the molecule is CCNC(=NCCc1cn2ccccc2n1)N1CCC(OCC2CCCCO2)CC1.I. The Hall–Kier alpha value is -1.39. The Bertz CT molecular complexity index is 780. The average Bonchev–Trinajstić information content (AvgIpc) is 3.21. The first-order valence-corrected chi connectivity index (χ1v) is 11.5. The number of aromatic nitrogens is 2. The number of nitrogens with one attached hydrogen (secondary N) is 1. The molecule has 172 valence electrons. The van der Waals surface area contributed by atoms with Gasteiger partial charge in [-0.1, -0.05) is 6.07 Å². The van der Waals surface area contributed by atoms with E-state index < -0.39 is 0 Å². The molecule has 8 heteroatoms. The van der Waals surface area contributed by atoms with E-state index >= 15 is 0 Å². The molecule has 1 atom stereocenters. The van der Waals surface area contributed by atoms with Gasteiger partial charge in [0.05, 0.1) is 24.5 Å². The summed E-state index contributed by atoms with van der Waals surface area (Å²) in [6, 6.07) is 6.07. The Labute approximate surface area is 202 Å². The molecule has 0 aliphatic carbocycles. The topological polar surface area (TPSA) is 63.4 Å². The minimum atomic E-state index is 0. The van der Waals surface area contributed by atoms with Gasteiger partial charge < -0.3 is 24.1 Å². The molecule has 4 rings (SSSR count). The van der Waals surface area contributed by atoms with Crippen molar-refractivity contribution in [1.82, 2.24) is 19.6 Å². The Morgan fingerprint density at radius 1 is 1.26 bits per heavy atom. The van der Waals surface area contributed by atoms with Crippen LogP contribution in [0, 0.1) is 0 Å². The summed E-state index contributed by atoms with van der Waals surface area (Å²) < 4.78 is 14.0. The van der Waals surface area contributed by atoms with Gasteiger partial charge in [0.1, 0.15) is 5.65 Å². The number of hydrogen-bond donors (Lipinski definition) is 1. The molecule has 0 bridgehead atoms. The average molecular weight is 541 g/mol. The second-order valence-electron chi connectivity index (χ2n) is 8.19. The van der Waals surface area contributed by atoms with Gasteiger partial charge in [0, 0.05) is 51.6 Å². The van der Waals surface area contributed by atoms with Crippen molar-refractivity contribution in [2.45, 2.75) is 57.7 Å². The molecule has 2 fully saturated rings. The molecular formula is C23H36IN5O2. The number of imidazole rings is 1. The summed E-state index contributed by atoms with van der Waals surface area (Å²) in [6.07, 6.45) is 11.3. The largest absolute Gasteiger partial charge is 0.376 e. The summed E-state index contributed by atoms with van der Waals surface area (Å²) in [7, 11) is 0. The summed E-state index contributed by atoms with van der Waals surface area (Å²) >= 11 is 0. The Balaban J connectivity index is 0.00000272. The highest BCUT2D eigenvalue weighted by atomic mass is 127. The van der Waals surface area contributed by atoms with Crippen LogP contribution in [0.2, 0.25) is 0 Å². The number of ether oxygens (including phenoxy) is 2. The van der Waals surface area contributed by atoms with Crippen LogP contribution < -0.4 is 5.32 Å². The molecule has 1 unspecified atom stereocenters. The van der Waals surface area contributed by atoms with E-state index in [4.69, 9.17) is 14.5 Å². The third-order valence-corrected chi connectivity index (χ3v) is 5.91. The molecule has 4 heterocycles. The van der Waals surface area contributed by atoms with E-state index in [1.54, 1.807) is 0 Å². The van der Waals surface area contributed by atoms with Crippen molar-refractivity contribution in [3.63, 3.8) is 0 Å². The predicted molar refractivity (Wildman–Crippen MR) is 134 cm³/mol. The molecule has 0 radical (unpaired) electrons. The normalized spacial score (nSPS) is 20.6. The third-order valence-electron chi connectivity index (χ3n) is 5.91. The zero-order valence-corrected chi connectivity index (χ0v) is 20.9. The van der Waals surface area contributed by atoms with Gasteiger partial charge in [-0.3, -0.25) is 4.99 Å². The van der Waals surface area contributed by atoms with Crippen LogP contribution in [0.25, 0.3) is 5.65 Å². The van der Waals surface area contributed by atoms with Crippen molar-refractivity contribution < 1.29 is 9.47 Å². The van der Waals surface area contributed by atoms with Gasteiger partial charge >= 0.3 is 0 Å². The predicted octanol–water partition coefficient (Wildman–Crippen LogP) is 3.51. The quantitative estimate of drug-likeness (QED) is 0.330. The summed E-state index contributed by atoms with van der Waals surface area (Å²) in [4.78, 5) is 11.9. The highest BCUT2D eigenvalue weighted by molar-refractivity contribution is 14.0. The standard InChI is InChI=1S/C23H35N5O2.HI/c1-2-24-23(25-12-9-19-17-28-13-5-3-8-22(28)26-19)27-14-10-20(11-15-27)30-18-21-7-4-6-16-29-21;/h3,5,8,13,17,20-21H,2,4,6-7,9-12,14-16,18H2,1H3,(H,24,25);1H. The lowest BCUT2D eigenvalue weighted by Gasteiger charge is -2.35. The van der Waals surface area contributed by atoms with Crippen molar-refractivity contribution in [3.8, 4) is 0 Å². The smallest absolute Gasteiger partial charge is 0.193 e. The molecule has 1 N–H and O–H groups in total. The van der Waals surface area contributed by atoms with Crippen molar-refractivity contribution in [2.24, 2.45) is 4.99 Å². The molecule has 2 saturated heterocycles. The van der Waals surface area contributed by atoms with E-state index in [0.29, 0.717) is 12.2 Å². The number of piperidine rings is 1. The maximum absolute atomic E-state index is 6.16. The van der Waals surface area contributed by atoms with Gasteiger partial charge in [-0.25, -0.2) is 4.98 Å². The van der Waals surface area contributed by atoms with Crippen LogP contribution in [0.5, 0.6) is 0 Å². The van der Waals surface area contributed by atoms with E-state index in [1.165, 1.54) is 12.8 Å². The van der Waals surface area contributed by atoms with Gasteiger partial charge in [0.2, 0.25) is 0 Å². The molecule has 0 amide bonds. The third kappa shape index (κ3) is 7.05. The fourth-order valence-corrected chi connectivity index (χ4v) is 4.23. The van der Waals surface area contributed by atoms with Gasteiger partial charge in [-0.05, 0) is 51.2 Å². The maximum atomic E-state index is 6.16. The molecular weight excluding hydrogens is 505 g/mol. The number of hydrogen-bond acceptors (Lipinski definition) is 4. The summed E-state index contributed by atoms with van der Waals surface area (Å²) in [6.45, 7) is 7.34. The minimum Gasteiger partial charge on any atom is -0.376 e. The molecule has 2 aromatic rings. The first-order chi connectivity index (χ1) is 14.8. The number of nitrogens with zero attached hydrogens (tertiary/aromatic N) is 4. The van der Waals surface area contributed by atoms with Crippen LogP contribution in [0.4, 0.5) is 0 Å². The van der Waals surface area contributed by atoms with Crippen LogP contribution in [0.15, 0.2) is 35.6 Å². The van der Waals surface area contributed by atoms with Gasteiger partial charge in [-0.15, -0.1) is 24.0 Å². The van der Waals surface area contributed by atoms with Crippen molar-refractivity contribution >= 4 is 35.6 Å².